The van der Waals surface area contributed by atoms with E-state index in [1.807, 2.05) is 18.2 Å². The molecule has 0 fully saturated rings. The number of unbranched alkanes of at least 4 members (excludes halogenated alkanes) is 26. The summed E-state index contributed by atoms with van der Waals surface area (Å²) in [6, 6.07) is 0. The van der Waals surface area contributed by atoms with E-state index in [2.05, 4.69) is 107 Å². The van der Waals surface area contributed by atoms with Crippen molar-refractivity contribution in [3.8, 4) is 0 Å². The third kappa shape index (κ3) is 66.6. The van der Waals surface area contributed by atoms with Crippen LogP contribution in [0.2, 0.25) is 0 Å². The number of carbonyl (C=O) groups is 4. The van der Waals surface area contributed by atoms with E-state index < -0.39 is 97.5 Å². The standard InChI is InChI=1S/C75H130O17P2/c1-5-9-13-17-21-25-29-31-32-33-34-35-36-38-41-44-48-52-56-60-73(78)86-66-71(92-75(80)62-58-54-50-46-42-37-30-26-22-18-14-10-6-2)68-90-94(83,84)88-64-69(76)63-87-93(81,82)89-67-70(91-74(79)61-57-53-49-45-40-28-24-20-16-12-8-4)65-85-72(77)59-55-51-47-43-39-27-23-19-15-11-7-3/h9,13-14,18,21,25-26,30-32,34-35,38,41,48,52,69-71,76H,5-8,10-12,15-17,19-20,22-24,27-29,33,36-37,39-40,42-47,49-51,53-68H2,1-4H3,(H,81,82)(H,83,84)/b13-9-,18-14-,25-21-,30-26-,32-31-,35-34-,41-38-,52-48-. The summed E-state index contributed by atoms with van der Waals surface area (Å²) in [4.78, 5) is 72.5. The monoisotopic (exact) mass is 1360 g/mol. The lowest BCUT2D eigenvalue weighted by Gasteiger charge is -2.21. The number of phosphoric acid groups is 2. The van der Waals surface area contributed by atoms with Crippen LogP contribution in [0.5, 0.6) is 0 Å². The number of aliphatic hydroxyl groups excluding tert-OH is 1. The Morgan fingerprint density at radius 2 is 0.596 bits per heavy atom. The van der Waals surface area contributed by atoms with Crippen molar-refractivity contribution in [3.05, 3.63) is 97.2 Å². The van der Waals surface area contributed by atoms with E-state index in [1.165, 1.54) is 83.5 Å². The summed E-state index contributed by atoms with van der Waals surface area (Å²) in [5.41, 5.74) is 0. The SMILES string of the molecule is CC/C=C\C/C=C\C/C=C\C/C=C\C/C=C\C/C=C\CCC(=O)OCC(COP(=O)(O)OCC(O)COP(=O)(O)OCC(COC(=O)CCCCCCCCCCCCC)OC(=O)CCCCCCCCCCCCC)OC(=O)CCCCCCC/C=C\C/C=C\CCC. The predicted octanol–water partition coefficient (Wildman–Crippen LogP) is 20.4. The van der Waals surface area contributed by atoms with Gasteiger partial charge in [-0.2, -0.15) is 0 Å². The van der Waals surface area contributed by atoms with E-state index in [4.69, 9.17) is 37.0 Å². The van der Waals surface area contributed by atoms with Crippen LogP contribution in [0, 0.1) is 0 Å². The molecule has 0 aliphatic carbocycles. The van der Waals surface area contributed by atoms with Crippen LogP contribution in [0.3, 0.4) is 0 Å². The van der Waals surface area contributed by atoms with E-state index in [9.17, 15) is 43.2 Å². The minimum Gasteiger partial charge on any atom is -0.462 e. The number of hydrogen-bond acceptors (Lipinski definition) is 15. The van der Waals surface area contributed by atoms with Crippen molar-refractivity contribution in [2.24, 2.45) is 0 Å². The third-order valence-electron chi connectivity index (χ3n) is 15.1. The minimum atomic E-state index is -4.99. The Morgan fingerprint density at radius 3 is 0.957 bits per heavy atom. The van der Waals surface area contributed by atoms with Gasteiger partial charge in [-0.1, -0.05) is 279 Å². The second-order valence-corrected chi connectivity index (χ2v) is 27.1. The van der Waals surface area contributed by atoms with Crippen LogP contribution in [-0.4, -0.2) is 96.7 Å². The van der Waals surface area contributed by atoms with Gasteiger partial charge in [0.1, 0.15) is 19.3 Å². The number of carbonyl (C=O) groups excluding carboxylic acids is 4. The van der Waals surface area contributed by atoms with Crippen LogP contribution < -0.4 is 0 Å². The van der Waals surface area contributed by atoms with Crippen molar-refractivity contribution in [1.29, 1.82) is 0 Å². The molecule has 0 saturated carbocycles. The molecule has 0 aromatic carbocycles. The van der Waals surface area contributed by atoms with Gasteiger partial charge < -0.3 is 33.8 Å². The van der Waals surface area contributed by atoms with Gasteiger partial charge in [-0.15, -0.1) is 0 Å². The molecule has 0 rings (SSSR count). The molecule has 5 atom stereocenters. The lowest BCUT2D eigenvalue weighted by atomic mass is 10.1. The van der Waals surface area contributed by atoms with Gasteiger partial charge in [-0.05, 0) is 89.9 Å². The number of allylic oxidation sites excluding steroid dienone is 16. The summed E-state index contributed by atoms with van der Waals surface area (Å²) < 4.78 is 68.2. The topological polar surface area (TPSA) is 237 Å². The van der Waals surface area contributed by atoms with E-state index >= 15 is 0 Å². The molecule has 3 N–H and O–H groups in total. The van der Waals surface area contributed by atoms with Crippen molar-refractivity contribution in [2.45, 2.75) is 316 Å². The van der Waals surface area contributed by atoms with E-state index in [0.29, 0.717) is 32.1 Å². The molecule has 0 bridgehead atoms. The van der Waals surface area contributed by atoms with Crippen molar-refractivity contribution in [1.82, 2.24) is 0 Å². The minimum absolute atomic E-state index is 0.0331. The molecule has 542 valence electrons. The zero-order chi connectivity index (χ0) is 69.0. The Morgan fingerprint density at radius 1 is 0.309 bits per heavy atom. The predicted molar refractivity (Wildman–Crippen MR) is 381 cm³/mol. The first-order valence-electron chi connectivity index (χ1n) is 36.5. The molecular weight excluding hydrogens is 1230 g/mol. The average molecular weight is 1370 g/mol. The van der Waals surface area contributed by atoms with Crippen molar-refractivity contribution < 1.29 is 80.2 Å². The molecule has 0 amide bonds. The molecule has 0 aliphatic rings. The molecule has 0 radical (unpaired) electrons. The fourth-order valence-electron chi connectivity index (χ4n) is 9.52. The Bertz CT molecular complexity index is 2170. The van der Waals surface area contributed by atoms with Crippen LogP contribution in [0.15, 0.2) is 97.2 Å². The molecule has 19 heteroatoms. The van der Waals surface area contributed by atoms with Crippen LogP contribution in [0.1, 0.15) is 297 Å². The zero-order valence-corrected chi connectivity index (χ0v) is 60.7. The summed E-state index contributed by atoms with van der Waals surface area (Å²) in [6.45, 7) is 4.58. The van der Waals surface area contributed by atoms with Crippen LogP contribution in [-0.2, 0) is 65.4 Å². The highest BCUT2D eigenvalue weighted by Gasteiger charge is 2.30. The molecule has 0 aromatic heterocycles. The lowest BCUT2D eigenvalue weighted by molar-refractivity contribution is -0.161. The highest BCUT2D eigenvalue weighted by molar-refractivity contribution is 7.47. The van der Waals surface area contributed by atoms with Crippen LogP contribution >= 0.6 is 15.6 Å². The number of ether oxygens (including phenoxy) is 4. The van der Waals surface area contributed by atoms with Crippen LogP contribution in [0.25, 0.3) is 0 Å². The quantitative estimate of drug-likeness (QED) is 0.0169. The van der Waals surface area contributed by atoms with Crippen LogP contribution in [0.4, 0.5) is 0 Å². The lowest BCUT2D eigenvalue weighted by Crippen LogP contribution is -2.30. The fourth-order valence-corrected chi connectivity index (χ4v) is 11.1. The summed E-state index contributed by atoms with van der Waals surface area (Å²) >= 11 is 0. The molecular formula is C75H130O17P2. The number of rotatable bonds is 68. The first kappa shape index (κ1) is 90.0. The molecule has 0 aliphatic heterocycles. The molecule has 5 unspecified atom stereocenters. The second-order valence-electron chi connectivity index (χ2n) is 24.2. The van der Waals surface area contributed by atoms with E-state index in [-0.39, 0.29) is 25.7 Å². The number of esters is 4. The number of hydrogen-bond donors (Lipinski definition) is 3. The summed E-state index contributed by atoms with van der Waals surface area (Å²) in [5.74, 6) is -2.28. The van der Waals surface area contributed by atoms with Gasteiger partial charge in [0.05, 0.1) is 26.4 Å². The highest BCUT2D eigenvalue weighted by atomic mass is 31.2. The van der Waals surface area contributed by atoms with Crippen molar-refractivity contribution >= 4 is 39.5 Å². The number of aliphatic hydroxyl groups is 1. The molecule has 0 aromatic rings. The number of phosphoric ester groups is 2. The maximum Gasteiger partial charge on any atom is 0.472 e. The Kier molecular flexibility index (Phi) is 64.7. The summed E-state index contributed by atoms with van der Waals surface area (Å²) in [5, 5.41) is 10.6. The second kappa shape index (κ2) is 67.5. The molecule has 0 saturated heterocycles. The van der Waals surface area contributed by atoms with Gasteiger partial charge in [0.15, 0.2) is 12.2 Å². The Balaban J connectivity index is 5.37. The van der Waals surface area contributed by atoms with Gasteiger partial charge in [0, 0.05) is 25.7 Å². The summed E-state index contributed by atoms with van der Waals surface area (Å²) in [6.07, 6.45) is 68.6. The van der Waals surface area contributed by atoms with Gasteiger partial charge in [-0.25, -0.2) is 9.13 Å². The maximum atomic E-state index is 13.0. The molecule has 0 heterocycles. The van der Waals surface area contributed by atoms with Gasteiger partial charge in [0.25, 0.3) is 0 Å². The Labute approximate surface area is 569 Å². The highest BCUT2D eigenvalue weighted by Crippen LogP contribution is 2.45. The molecule has 0 spiro atoms. The van der Waals surface area contributed by atoms with Gasteiger partial charge in [0.2, 0.25) is 0 Å². The van der Waals surface area contributed by atoms with E-state index in [1.54, 1.807) is 0 Å². The summed E-state index contributed by atoms with van der Waals surface area (Å²) in [7, 11) is -9.95. The fraction of sp³-hybridized carbons (Fsp3) is 0.733. The first-order chi connectivity index (χ1) is 45.7. The first-order valence-corrected chi connectivity index (χ1v) is 39.5. The van der Waals surface area contributed by atoms with Crippen molar-refractivity contribution in [2.75, 3.05) is 39.6 Å². The largest absolute Gasteiger partial charge is 0.472 e. The molecule has 94 heavy (non-hydrogen) atoms. The Hall–Kier alpha value is -4.02. The van der Waals surface area contributed by atoms with Gasteiger partial charge in [-0.3, -0.25) is 37.3 Å². The van der Waals surface area contributed by atoms with Gasteiger partial charge >= 0.3 is 39.5 Å². The maximum absolute atomic E-state index is 13.0. The van der Waals surface area contributed by atoms with Crippen molar-refractivity contribution in [3.63, 3.8) is 0 Å². The van der Waals surface area contributed by atoms with E-state index in [0.717, 1.165) is 128 Å². The third-order valence-corrected chi connectivity index (χ3v) is 17.0. The average Bonchev–Trinajstić information content (AvgIpc) is 1.73. The zero-order valence-electron chi connectivity index (χ0n) is 58.9. The molecule has 17 nitrogen and oxygen atoms in total. The smallest absolute Gasteiger partial charge is 0.462 e. The normalized spacial score (nSPS) is 14.6.